The Morgan fingerprint density at radius 3 is 2.26 bits per heavy atom. The van der Waals surface area contributed by atoms with E-state index in [1.807, 2.05) is 6.07 Å². The molecule has 0 aliphatic rings. The lowest BCUT2D eigenvalue weighted by Gasteiger charge is -2.26. The SMILES string of the molecule is CCC(C(=O)Nc1ccc(C(=O)OC(C)C(NC(=O)OC(C)(C)C)C(=O)OCc2ccccc2)cc1)n1cc(OC)c(-c2cc(Cl)ccc2C#N)cc1=O. The molecule has 2 N–H and O–H groups in total. The van der Waals surface area contributed by atoms with Crippen LogP contribution in [0.3, 0.4) is 0 Å². The minimum Gasteiger partial charge on any atom is -0.495 e. The number of hydrogen-bond donors (Lipinski definition) is 2. The van der Waals surface area contributed by atoms with Gasteiger partial charge in [-0.1, -0.05) is 48.9 Å². The first-order valence-electron chi connectivity index (χ1n) is 17.0. The van der Waals surface area contributed by atoms with Crippen LogP contribution >= 0.6 is 11.6 Å². The highest BCUT2D eigenvalue weighted by atomic mass is 35.5. The van der Waals surface area contributed by atoms with Crippen molar-refractivity contribution in [1.29, 1.82) is 5.26 Å². The second-order valence-corrected chi connectivity index (χ2v) is 13.6. The quantitative estimate of drug-likeness (QED) is 0.109. The van der Waals surface area contributed by atoms with Crippen LogP contribution in [-0.4, -0.2) is 53.4 Å². The molecule has 0 bridgehead atoms. The van der Waals surface area contributed by atoms with Gasteiger partial charge in [0.1, 0.15) is 30.1 Å². The van der Waals surface area contributed by atoms with Gasteiger partial charge in [-0.2, -0.15) is 5.26 Å². The second kappa shape index (κ2) is 18.1. The molecule has 3 unspecified atom stereocenters. The average Bonchev–Trinajstić information content (AvgIpc) is 3.13. The largest absolute Gasteiger partial charge is 0.495 e. The lowest BCUT2D eigenvalue weighted by Crippen LogP contribution is -2.51. The Kier molecular flexibility index (Phi) is 13.6. The number of benzene rings is 3. The molecule has 1 heterocycles. The van der Waals surface area contributed by atoms with Crippen LogP contribution in [0, 0.1) is 11.3 Å². The summed E-state index contributed by atoms with van der Waals surface area (Å²) in [6.45, 7) is 8.10. The van der Waals surface area contributed by atoms with Crippen molar-refractivity contribution in [3.05, 3.63) is 117 Å². The van der Waals surface area contributed by atoms with Crippen LogP contribution in [0.2, 0.25) is 5.02 Å². The Labute approximate surface area is 317 Å². The number of methoxy groups -OCH3 is 1. The zero-order chi connectivity index (χ0) is 39.6. The molecule has 4 aromatic rings. The molecule has 282 valence electrons. The Hall–Kier alpha value is -6.13. The van der Waals surface area contributed by atoms with Gasteiger partial charge in [0.15, 0.2) is 6.04 Å². The van der Waals surface area contributed by atoms with E-state index in [2.05, 4.69) is 16.7 Å². The van der Waals surface area contributed by atoms with E-state index in [4.69, 9.17) is 30.5 Å². The van der Waals surface area contributed by atoms with Crippen molar-refractivity contribution in [2.45, 2.75) is 71.4 Å². The van der Waals surface area contributed by atoms with Gasteiger partial charge in [-0.25, -0.2) is 14.4 Å². The van der Waals surface area contributed by atoms with Gasteiger partial charge in [-0.3, -0.25) is 14.2 Å². The summed E-state index contributed by atoms with van der Waals surface area (Å²) in [5.74, 6) is -1.90. The van der Waals surface area contributed by atoms with Gasteiger partial charge in [0.25, 0.3) is 5.56 Å². The van der Waals surface area contributed by atoms with E-state index in [1.54, 1.807) is 70.2 Å². The summed E-state index contributed by atoms with van der Waals surface area (Å²) in [4.78, 5) is 65.7. The predicted molar refractivity (Wildman–Crippen MR) is 201 cm³/mol. The van der Waals surface area contributed by atoms with Gasteiger partial charge in [0, 0.05) is 27.9 Å². The third kappa shape index (κ3) is 10.7. The number of esters is 2. The lowest BCUT2D eigenvalue weighted by atomic mass is 10.00. The fourth-order valence-corrected chi connectivity index (χ4v) is 5.50. The van der Waals surface area contributed by atoms with Crippen LogP contribution in [0.15, 0.2) is 89.9 Å². The van der Waals surface area contributed by atoms with E-state index in [0.717, 1.165) is 5.56 Å². The minimum atomic E-state index is -1.40. The average molecular weight is 757 g/mol. The molecular formula is C40H41ClN4O9. The molecule has 0 saturated heterocycles. The number of halogens is 1. The molecule has 0 spiro atoms. The maximum Gasteiger partial charge on any atom is 0.408 e. The standard InChI is InChI=1S/C40H41ClN4O9/c1-7-32(45-22-33(51-6)31(20-34(45)46)30-19-28(41)16-13-27(30)21-42)36(47)43-29-17-14-26(15-18-29)37(48)53-24(2)35(44-39(50)54-40(3,4)5)38(49)52-23-25-11-9-8-10-12-25/h8-20,22,24,32,35H,7,23H2,1-6H3,(H,43,47)(H,44,50). The molecule has 13 nitrogen and oxygen atoms in total. The molecule has 1 aromatic heterocycles. The summed E-state index contributed by atoms with van der Waals surface area (Å²) in [6.07, 6.45) is -0.423. The number of amides is 2. The van der Waals surface area contributed by atoms with E-state index >= 15 is 0 Å². The van der Waals surface area contributed by atoms with Crippen molar-refractivity contribution in [1.82, 2.24) is 9.88 Å². The number of carbonyl (C=O) groups excluding carboxylic acids is 4. The first kappa shape index (κ1) is 40.6. The smallest absolute Gasteiger partial charge is 0.408 e. The third-order valence-corrected chi connectivity index (χ3v) is 8.22. The van der Waals surface area contributed by atoms with E-state index in [1.165, 1.54) is 55.1 Å². The first-order chi connectivity index (χ1) is 25.6. The van der Waals surface area contributed by atoms with Gasteiger partial charge in [0.05, 0.1) is 30.5 Å². The van der Waals surface area contributed by atoms with Gasteiger partial charge in [0.2, 0.25) is 5.91 Å². The number of alkyl carbamates (subject to hydrolysis) is 1. The molecule has 3 aromatic carbocycles. The number of aromatic nitrogens is 1. The highest BCUT2D eigenvalue weighted by Gasteiger charge is 2.33. The molecule has 0 aliphatic carbocycles. The summed E-state index contributed by atoms with van der Waals surface area (Å²) in [5, 5.41) is 15.2. The van der Waals surface area contributed by atoms with Gasteiger partial charge in [-0.05, 0) is 82.1 Å². The zero-order valence-electron chi connectivity index (χ0n) is 30.7. The molecule has 0 fully saturated rings. The molecule has 4 rings (SSSR count). The van der Waals surface area contributed by atoms with Crippen molar-refractivity contribution in [2.75, 3.05) is 12.4 Å². The molecule has 0 aliphatic heterocycles. The van der Waals surface area contributed by atoms with Crippen LogP contribution in [0.1, 0.15) is 68.6 Å². The van der Waals surface area contributed by atoms with Crippen LogP contribution in [0.25, 0.3) is 11.1 Å². The number of rotatable bonds is 13. The Balaban J connectivity index is 1.47. The number of pyridine rings is 1. The molecule has 3 atom stereocenters. The predicted octanol–water partition coefficient (Wildman–Crippen LogP) is 6.82. The number of hydrogen-bond acceptors (Lipinski definition) is 10. The molecule has 0 saturated carbocycles. The van der Waals surface area contributed by atoms with Crippen LogP contribution < -0.4 is 20.9 Å². The molecule has 14 heteroatoms. The number of nitrogens with zero attached hydrogens (tertiary/aromatic N) is 2. The maximum atomic E-state index is 13.5. The fraction of sp³-hybridized carbons (Fsp3) is 0.300. The summed E-state index contributed by atoms with van der Waals surface area (Å²) in [5.41, 5.74) is 0.826. The van der Waals surface area contributed by atoms with Crippen molar-refractivity contribution in [2.24, 2.45) is 0 Å². The zero-order valence-corrected chi connectivity index (χ0v) is 31.4. The Morgan fingerprint density at radius 2 is 1.65 bits per heavy atom. The number of nitriles is 1. The van der Waals surface area contributed by atoms with E-state index in [9.17, 15) is 29.2 Å². The van der Waals surface area contributed by atoms with Crippen molar-refractivity contribution >= 4 is 41.2 Å². The van der Waals surface area contributed by atoms with Gasteiger partial charge < -0.3 is 29.6 Å². The van der Waals surface area contributed by atoms with Gasteiger partial charge in [-0.15, -0.1) is 0 Å². The summed E-state index contributed by atoms with van der Waals surface area (Å²) >= 11 is 6.17. The number of ether oxygens (including phenoxy) is 4. The highest BCUT2D eigenvalue weighted by molar-refractivity contribution is 6.31. The normalized spacial score (nSPS) is 12.6. The second-order valence-electron chi connectivity index (χ2n) is 13.1. The lowest BCUT2D eigenvalue weighted by molar-refractivity contribution is -0.150. The third-order valence-electron chi connectivity index (χ3n) is 7.98. The Bertz CT molecular complexity index is 2090. The topological polar surface area (TPSA) is 175 Å². The first-order valence-corrected chi connectivity index (χ1v) is 17.3. The van der Waals surface area contributed by atoms with Crippen LogP contribution in [0.4, 0.5) is 10.5 Å². The summed E-state index contributed by atoms with van der Waals surface area (Å²) < 4.78 is 23.1. The summed E-state index contributed by atoms with van der Waals surface area (Å²) in [7, 11) is 1.41. The number of carbonyl (C=O) groups is 4. The van der Waals surface area contributed by atoms with Crippen molar-refractivity contribution in [3.63, 3.8) is 0 Å². The van der Waals surface area contributed by atoms with E-state index in [0.29, 0.717) is 27.4 Å². The van der Waals surface area contributed by atoms with E-state index < -0.39 is 53.3 Å². The Morgan fingerprint density at radius 1 is 0.963 bits per heavy atom. The van der Waals surface area contributed by atoms with Crippen molar-refractivity contribution in [3.8, 4) is 22.9 Å². The number of anilines is 1. The van der Waals surface area contributed by atoms with Crippen molar-refractivity contribution < 1.29 is 38.1 Å². The monoisotopic (exact) mass is 756 g/mol. The molecule has 0 radical (unpaired) electrons. The van der Waals surface area contributed by atoms with Crippen LogP contribution in [0.5, 0.6) is 5.75 Å². The highest BCUT2D eigenvalue weighted by Crippen LogP contribution is 2.33. The minimum absolute atomic E-state index is 0.0708. The number of nitrogens with one attached hydrogen (secondary N) is 2. The van der Waals surface area contributed by atoms with E-state index in [-0.39, 0.29) is 24.3 Å². The molecule has 54 heavy (non-hydrogen) atoms. The van der Waals surface area contributed by atoms with Gasteiger partial charge >= 0.3 is 18.0 Å². The summed E-state index contributed by atoms with van der Waals surface area (Å²) in [6, 6.07) is 20.4. The van der Waals surface area contributed by atoms with Crippen LogP contribution in [-0.2, 0) is 30.4 Å². The maximum absolute atomic E-state index is 13.5. The molecular weight excluding hydrogens is 716 g/mol. The fourth-order valence-electron chi connectivity index (χ4n) is 5.33. The molecule has 2 amide bonds.